The fraction of sp³-hybridized carbons (Fsp3) is 0.846. The largest absolute Gasteiger partial charge is 0.409 e. The van der Waals surface area contributed by atoms with Gasteiger partial charge in [-0.15, -0.1) is 0 Å². The molecule has 0 spiro atoms. The molecule has 0 radical (unpaired) electrons. The monoisotopic (exact) mass is 287 g/mol. The number of amides is 1. The summed E-state index contributed by atoms with van der Waals surface area (Å²) in [7, 11) is 0. The second kappa shape index (κ2) is 7.62. The Balaban J connectivity index is 2.56. The van der Waals surface area contributed by atoms with E-state index in [0.717, 1.165) is 19.3 Å². The lowest BCUT2D eigenvalue weighted by Crippen LogP contribution is -2.44. The van der Waals surface area contributed by atoms with Crippen molar-refractivity contribution in [2.75, 3.05) is 12.8 Å². The molecule has 5 nitrogen and oxygen atoms in total. The van der Waals surface area contributed by atoms with Gasteiger partial charge in [0.15, 0.2) is 5.84 Å². The quantitative estimate of drug-likeness (QED) is 0.289. The van der Waals surface area contributed by atoms with E-state index >= 15 is 0 Å². The smallest absolute Gasteiger partial charge is 0.230 e. The van der Waals surface area contributed by atoms with Crippen LogP contribution in [0.25, 0.3) is 0 Å². The average Bonchev–Trinajstić information content (AvgIpc) is 2.91. The maximum absolute atomic E-state index is 12.2. The summed E-state index contributed by atoms with van der Waals surface area (Å²) in [6.45, 7) is 2.65. The van der Waals surface area contributed by atoms with Crippen LogP contribution >= 0.6 is 11.8 Å². The van der Waals surface area contributed by atoms with E-state index in [0.29, 0.717) is 13.0 Å². The molecule has 0 heterocycles. The van der Waals surface area contributed by atoms with Crippen LogP contribution in [0.3, 0.4) is 0 Å². The molecule has 1 saturated carbocycles. The van der Waals surface area contributed by atoms with Gasteiger partial charge in [-0.3, -0.25) is 4.79 Å². The topological polar surface area (TPSA) is 87.7 Å². The molecular weight excluding hydrogens is 262 g/mol. The lowest BCUT2D eigenvalue weighted by atomic mass is 10.0. The van der Waals surface area contributed by atoms with Gasteiger partial charge in [-0.2, -0.15) is 11.8 Å². The van der Waals surface area contributed by atoms with Gasteiger partial charge in [-0.25, -0.2) is 0 Å². The summed E-state index contributed by atoms with van der Waals surface area (Å²) in [4.78, 5) is 12.2. The van der Waals surface area contributed by atoms with Gasteiger partial charge in [0.1, 0.15) is 0 Å². The van der Waals surface area contributed by atoms with Crippen molar-refractivity contribution in [3.05, 3.63) is 0 Å². The van der Waals surface area contributed by atoms with Crippen LogP contribution in [0.5, 0.6) is 0 Å². The lowest BCUT2D eigenvalue weighted by Gasteiger charge is -2.28. The average molecular weight is 287 g/mol. The first-order valence-corrected chi connectivity index (χ1v) is 8.11. The van der Waals surface area contributed by atoms with E-state index < -0.39 is 5.92 Å². The van der Waals surface area contributed by atoms with E-state index in [1.807, 2.05) is 18.7 Å². The Kier molecular flexibility index (Phi) is 6.48. The molecule has 1 amide bonds. The number of rotatable bonds is 7. The van der Waals surface area contributed by atoms with E-state index in [1.165, 1.54) is 12.8 Å². The van der Waals surface area contributed by atoms with Gasteiger partial charge < -0.3 is 16.3 Å². The fourth-order valence-corrected chi connectivity index (χ4v) is 3.53. The van der Waals surface area contributed by atoms with Crippen molar-refractivity contribution in [3.63, 3.8) is 0 Å². The van der Waals surface area contributed by atoms with Crippen LogP contribution in [0.4, 0.5) is 0 Å². The number of nitrogens with one attached hydrogen (secondary N) is 1. The van der Waals surface area contributed by atoms with E-state index in [2.05, 4.69) is 16.7 Å². The number of carbonyl (C=O) groups is 1. The zero-order valence-electron chi connectivity index (χ0n) is 11.8. The lowest BCUT2D eigenvalue weighted by molar-refractivity contribution is -0.123. The summed E-state index contributed by atoms with van der Waals surface area (Å²) >= 11 is 1.84. The highest BCUT2D eigenvalue weighted by Gasteiger charge is 2.34. The minimum Gasteiger partial charge on any atom is -0.409 e. The standard InChI is InChI=1S/C13H25N3O2S/c1-3-6-10(11(14)16-18)12(17)15-9-13(19-2)7-4-5-8-13/h10,18H,3-9H2,1-2H3,(H2,14,16)(H,15,17). The minimum absolute atomic E-state index is 0.00368. The third-order valence-corrected chi connectivity index (χ3v) is 5.32. The molecule has 110 valence electrons. The maximum Gasteiger partial charge on any atom is 0.230 e. The van der Waals surface area contributed by atoms with Gasteiger partial charge in [0, 0.05) is 11.3 Å². The Bertz CT molecular complexity index is 328. The summed E-state index contributed by atoms with van der Waals surface area (Å²) in [5, 5.41) is 14.7. The number of hydrogen-bond donors (Lipinski definition) is 3. The van der Waals surface area contributed by atoms with Crippen molar-refractivity contribution < 1.29 is 10.0 Å². The Morgan fingerprint density at radius 1 is 1.53 bits per heavy atom. The molecule has 1 aliphatic carbocycles. The van der Waals surface area contributed by atoms with Crippen molar-refractivity contribution in [1.29, 1.82) is 0 Å². The zero-order valence-corrected chi connectivity index (χ0v) is 12.6. The first kappa shape index (κ1) is 16.1. The second-order valence-corrected chi connectivity index (χ2v) is 6.45. The molecule has 1 atom stereocenters. The van der Waals surface area contributed by atoms with E-state index in [9.17, 15) is 4.79 Å². The van der Waals surface area contributed by atoms with Crippen molar-refractivity contribution in [1.82, 2.24) is 5.32 Å². The molecule has 0 saturated heterocycles. The van der Waals surface area contributed by atoms with Crippen LogP contribution in [0.15, 0.2) is 5.16 Å². The van der Waals surface area contributed by atoms with Crippen LogP contribution < -0.4 is 11.1 Å². The maximum atomic E-state index is 12.2. The molecule has 0 aromatic heterocycles. The summed E-state index contributed by atoms with van der Waals surface area (Å²) in [6.07, 6.45) is 8.29. The highest BCUT2D eigenvalue weighted by molar-refractivity contribution is 8.00. The van der Waals surface area contributed by atoms with E-state index in [-0.39, 0.29) is 16.5 Å². The SMILES string of the molecule is CCCC(C(=O)NCC1(SC)CCCC1)C(N)=NO. The highest BCUT2D eigenvalue weighted by atomic mass is 32.2. The molecule has 1 fully saturated rings. The Morgan fingerprint density at radius 2 is 2.16 bits per heavy atom. The Morgan fingerprint density at radius 3 is 2.63 bits per heavy atom. The zero-order chi connectivity index (χ0) is 14.3. The number of oxime groups is 1. The highest BCUT2D eigenvalue weighted by Crippen LogP contribution is 2.39. The van der Waals surface area contributed by atoms with Crippen LogP contribution in [0, 0.1) is 5.92 Å². The minimum atomic E-state index is -0.518. The molecule has 19 heavy (non-hydrogen) atoms. The summed E-state index contributed by atoms with van der Waals surface area (Å²) in [6, 6.07) is 0. The number of nitrogens with two attached hydrogens (primary N) is 1. The van der Waals surface area contributed by atoms with Crippen molar-refractivity contribution in [2.24, 2.45) is 16.8 Å². The normalized spacial score (nSPS) is 20.2. The summed E-state index contributed by atoms with van der Waals surface area (Å²) in [5.74, 6) is -0.642. The molecule has 1 rings (SSSR count). The van der Waals surface area contributed by atoms with Gasteiger partial charge in [-0.1, -0.05) is 31.3 Å². The van der Waals surface area contributed by atoms with Crippen LogP contribution in [-0.2, 0) is 4.79 Å². The van der Waals surface area contributed by atoms with Gasteiger partial charge in [0.05, 0.1) is 5.92 Å². The van der Waals surface area contributed by atoms with Crippen molar-refractivity contribution in [3.8, 4) is 0 Å². The van der Waals surface area contributed by atoms with Crippen LogP contribution in [0.1, 0.15) is 45.4 Å². The number of amidine groups is 1. The molecule has 6 heteroatoms. The molecule has 1 aliphatic rings. The Hall–Kier alpha value is -0.910. The van der Waals surface area contributed by atoms with Crippen molar-refractivity contribution in [2.45, 2.75) is 50.2 Å². The van der Waals surface area contributed by atoms with Gasteiger partial charge >= 0.3 is 0 Å². The molecule has 0 bridgehead atoms. The van der Waals surface area contributed by atoms with Gasteiger partial charge in [-0.05, 0) is 25.5 Å². The number of thioether (sulfide) groups is 1. The van der Waals surface area contributed by atoms with Crippen LogP contribution in [0.2, 0.25) is 0 Å². The third-order valence-electron chi connectivity index (χ3n) is 3.90. The van der Waals surface area contributed by atoms with Crippen LogP contribution in [-0.4, -0.2) is 34.5 Å². The Labute approximate surface area is 119 Å². The number of nitrogens with zero attached hydrogens (tertiary/aromatic N) is 1. The third kappa shape index (κ3) is 4.30. The van der Waals surface area contributed by atoms with E-state index in [1.54, 1.807) is 0 Å². The second-order valence-electron chi connectivity index (χ2n) is 5.18. The van der Waals surface area contributed by atoms with Gasteiger partial charge in [0.25, 0.3) is 0 Å². The molecule has 0 aliphatic heterocycles. The molecule has 4 N–H and O–H groups in total. The molecule has 1 unspecified atom stereocenters. The summed E-state index contributed by atoms with van der Waals surface area (Å²) in [5.41, 5.74) is 5.59. The number of hydrogen-bond acceptors (Lipinski definition) is 4. The van der Waals surface area contributed by atoms with Crippen molar-refractivity contribution >= 4 is 23.5 Å². The first-order chi connectivity index (χ1) is 9.08. The summed E-state index contributed by atoms with van der Waals surface area (Å²) < 4.78 is 0.178. The first-order valence-electron chi connectivity index (χ1n) is 6.89. The predicted octanol–water partition coefficient (Wildman–Crippen LogP) is 1.94. The van der Waals surface area contributed by atoms with Gasteiger partial charge in [0.2, 0.25) is 5.91 Å². The fourth-order valence-electron chi connectivity index (χ4n) is 2.62. The molecular formula is C13H25N3O2S. The number of carbonyl (C=O) groups excluding carboxylic acids is 1. The van der Waals surface area contributed by atoms with E-state index in [4.69, 9.17) is 10.9 Å². The molecule has 0 aromatic rings. The predicted molar refractivity (Wildman–Crippen MR) is 79.5 cm³/mol. The molecule has 0 aromatic carbocycles.